The van der Waals surface area contributed by atoms with Crippen LogP contribution in [0.1, 0.15) is 48.6 Å². The maximum absolute atomic E-state index is 12.3. The topological polar surface area (TPSA) is 88.5 Å². The SMILES string of the molecule is COCc1ccsc1C(=O)NC(C)c1nc(C)c(C(=O)O)s1. The molecule has 2 aromatic heterocycles. The Hall–Kier alpha value is -1.77. The fourth-order valence-corrected chi connectivity index (χ4v) is 3.65. The normalized spacial score (nSPS) is 12.1. The van der Waals surface area contributed by atoms with Gasteiger partial charge in [0.15, 0.2) is 0 Å². The zero-order valence-corrected chi connectivity index (χ0v) is 14.0. The highest BCUT2D eigenvalue weighted by atomic mass is 32.1. The lowest BCUT2D eigenvalue weighted by Crippen LogP contribution is -2.26. The van der Waals surface area contributed by atoms with Crippen LogP contribution in [-0.2, 0) is 11.3 Å². The fourth-order valence-electron chi connectivity index (χ4n) is 1.93. The van der Waals surface area contributed by atoms with Crippen molar-refractivity contribution in [2.24, 2.45) is 0 Å². The third-order valence-electron chi connectivity index (χ3n) is 2.98. The number of methoxy groups -OCH3 is 1. The van der Waals surface area contributed by atoms with E-state index in [1.54, 1.807) is 21.0 Å². The van der Waals surface area contributed by atoms with E-state index in [0.29, 0.717) is 22.2 Å². The number of hydrogen-bond donors (Lipinski definition) is 2. The number of carbonyl (C=O) groups excluding carboxylic acids is 1. The molecule has 0 spiro atoms. The van der Waals surface area contributed by atoms with Gasteiger partial charge in [0.2, 0.25) is 0 Å². The number of thiophene rings is 1. The first kappa shape index (κ1) is 16.6. The number of carboxylic acid groups (broad SMARTS) is 1. The number of hydrogen-bond acceptors (Lipinski definition) is 6. The molecule has 6 nitrogen and oxygen atoms in total. The van der Waals surface area contributed by atoms with Gasteiger partial charge in [-0.1, -0.05) is 0 Å². The maximum atomic E-state index is 12.3. The minimum Gasteiger partial charge on any atom is -0.477 e. The Balaban J connectivity index is 2.12. The van der Waals surface area contributed by atoms with Gasteiger partial charge < -0.3 is 15.2 Å². The molecule has 0 aromatic carbocycles. The molecule has 2 N–H and O–H groups in total. The molecule has 0 aliphatic rings. The Morgan fingerprint density at radius 1 is 1.45 bits per heavy atom. The number of thiazole rings is 1. The number of amides is 1. The highest BCUT2D eigenvalue weighted by Gasteiger charge is 2.21. The van der Waals surface area contributed by atoms with Crippen LogP contribution in [0.3, 0.4) is 0 Å². The van der Waals surface area contributed by atoms with Crippen LogP contribution in [-0.4, -0.2) is 29.1 Å². The lowest BCUT2D eigenvalue weighted by atomic mass is 10.2. The van der Waals surface area contributed by atoms with Crippen molar-refractivity contribution in [3.05, 3.63) is 37.5 Å². The molecule has 1 unspecified atom stereocenters. The summed E-state index contributed by atoms with van der Waals surface area (Å²) in [5.74, 6) is -1.21. The second-order valence-corrected chi connectivity index (χ2v) is 6.62. The lowest BCUT2D eigenvalue weighted by molar-refractivity contribution is 0.0701. The molecule has 0 bridgehead atoms. The van der Waals surface area contributed by atoms with Crippen LogP contribution in [0.25, 0.3) is 0 Å². The Morgan fingerprint density at radius 3 is 2.77 bits per heavy atom. The number of nitrogens with zero attached hydrogens (tertiary/aromatic N) is 1. The number of aromatic nitrogens is 1. The lowest BCUT2D eigenvalue weighted by Gasteiger charge is -2.11. The Kier molecular flexibility index (Phi) is 5.28. The van der Waals surface area contributed by atoms with Crippen molar-refractivity contribution in [1.82, 2.24) is 10.3 Å². The molecule has 118 valence electrons. The summed E-state index contributed by atoms with van der Waals surface area (Å²) in [5.41, 5.74) is 1.29. The third kappa shape index (κ3) is 3.52. The number of rotatable bonds is 6. The minimum absolute atomic E-state index is 0.201. The van der Waals surface area contributed by atoms with Gasteiger partial charge in [-0.15, -0.1) is 22.7 Å². The molecule has 0 aliphatic heterocycles. The molecule has 2 rings (SSSR count). The van der Waals surface area contributed by atoms with Crippen molar-refractivity contribution in [3.8, 4) is 0 Å². The van der Waals surface area contributed by atoms with E-state index in [1.807, 2.05) is 11.4 Å². The van der Waals surface area contributed by atoms with E-state index < -0.39 is 5.97 Å². The second-order valence-electron chi connectivity index (χ2n) is 4.67. The summed E-state index contributed by atoms with van der Waals surface area (Å²) < 4.78 is 5.06. The number of aryl methyl sites for hydroxylation is 1. The first-order chi connectivity index (χ1) is 10.4. The Morgan fingerprint density at radius 2 is 2.18 bits per heavy atom. The van der Waals surface area contributed by atoms with Crippen LogP contribution >= 0.6 is 22.7 Å². The van der Waals surface area contributed by atoms with Crippen LogP contribution in [0.15, 0.2) is 11.4 Å². The minimum atomic E-state index is -1.000. The second kappa shape index (κ2) is 6.99. The Labute approximate surface area is 135 Å². The van der Waals surface area contributed by atoms with E-state index >= 15 is 0 Å². The molecule has 2 aromatic rings. The van der Waals surface area contributed by atoms with E-state index in [0.717, 1.165) is 16.9 Å². The molecule has 1 atom stereocenters. The van der Waals surface area contributed by atoms with E-state index in [1.165, 1.54) is 11.3 Å². The molecular weight excluding hydrogens is 324 g/mol. The van der Waals surface area contributed by atoms with Crippen LogP contribution in [0.4, 0.5) is 0 Å². The van der Waals surface area contributed by atoms with Crippen LogP contribution in [0, 0.1) is 6.92 Å². The van der Waals surface area contributed by atoms with Crippen molar-refractivity contribution in [1.29, 1.82) is 0 Å². The smallest absolute Gasteiger partial charge is 0.347 e. The number of carboxylic acids is 1. The molecule has 8 heteroatoms. The first-order valence-corrected chi connectivity index (χ1v) is 8.20. The first-order valence-electron chi connectivity index (χ1n) is 6.50. The van der Waals surface area contributed by atoms with Crippen molar-refractivity contribution in [2.75, 3.05) is 7.11 Å². The zero-order valence-electron chi connectivity index (χ0n) is 12.4. The Bertz CT molecular complexity index is 693. The van der Waals surface area contributed by atoms with E-state index in [-0.39, 0.29) is 16.8 Å². The van der Waals surface area contributed by atoms with Gasteiger partial charge in [0.1, 0.15) is 9.88 Å². The van der Waals surface area contributed by atoms with Gasteiger partial charge in [-0.2, -0.15) is 0 Å². The average Bonchev–Trinajstić information content (AvgIpc) is 3.05. The molecule has 1 amide bonds. The molecular formula is C14H16N2O4S2. The summed E-state index contributed by atoms with van der Waals surface area (Å²) in [7, 11) is 1.58. The van der Waals surface area contributed by atoms with Gasteiger partial charge in [0, 0.05) is 12.7 Å². The van der Waals surface area contributed by atoms with Crippen LogP contribution < -0.4 is 5.32 Å². The van der Waals surface area contributed by atoms with Crippen LogP contribution in [0.5, 0.6) is 0 Å². The van der Waals surface area contributed by atoms with Crippen molar-refractivity contribution >= 4 is 34.6 Å². The predicted molar refractivity (Wildman–Crippen MR) is 84.7 cm³/mol. The van der Waals surface area contributed by atoms with E-state index in [4.69, 9.17) is 9.84 Å². The molecule has 0 saturated carbocycles. The summed E-state index contributed by atoms with van der Waals surface area (Å²) in [4.78, 5) is 28.4. The third-order valence-corrected chi connectivity index (χ3v) is 5.26. The number of aromatic carboxylic acids is 1. The quantitative estimate of drug-likeness (QED) is 0.844. The largest absolute Gasteiger partial charge is 0.477 e. The molecule has 0 fully saturated rings. The van der Waals surface area contributed by atoms with E-state index in [2.05, 4.69) is 10.3 Å². The summed E-state index contributed by atoms with van der Waals surface area (Å²) in [6, 6.07) is 1.49. The average molecular weight is 340 g/mol. The molecule has 22 heavy (non-hydrogen) atoms. The van der Waals surface area contributed by atoms with Crippen molar-refractivity contribution < 1.29 is 19.4 Å². The molecule has 0 radical (unpaired) electrons. The number of nitrogens with one attached hydrogen (secondary N) is 1. The predicted octanol–water partition coefficient (Wildman–Crippen LogP) is 2.85. The monoisotopic (exact) mass is 340 g/mol. The van der Waals surface area contributed by atoms with Gasteiger partial charge in [-0.25, -0.2) is 9.78 Å². The maximum Gasteiger partial charge on any atom is 0.347 e. The molecule has 0 saturated heterocycles. The summed E-state index contributed by atoms with van der Waals surface area (Å²) in [5, 5.41) is 14.3. The van der Waals surface area contributed by atoms with Gasteiger partial charge >= 0.3 is 5.97 Å². The van der Waals surface area contributed by atoms with Crippen LogP contribution in [0.2, 0.25) is 0 Å². The number of ether oxygens (including phenoxy) is 1. The van der Waals surface area contributed by atoms with Crippen molar-refractivity contribution in [2.45, 2.75) is 26.5 Å². The van der Waals surface area contributed by atoms with E-state index in [9.17, 15) is 9.59 Å². The fraction of sp³-hybridized carbons (Fsp3) is 0.357. The van der Waals surface area contributed by atoms with Gasteiger partial charge in [-0.3, -0.25) is 4.79 Å². The highest BCUT2D eigenvalue weighted by molar-refractivity contribution is 7.13. The zero-order chi connectivity index (χ0) is 16.3. The van der Waals surface area contributed by atoms with Gasteiger partial charge in [0.25, 0.3) is 5.91 Å². The van der Waals surface area contributed by atoms with Gasteiger partial charge in [-0.05, 0) is 25.3 Å². The van der Waals surface area contributed by atoms with Gasteiger partial charge in [0.05, 0.1) is 23.2 Å². The number of carbonyl (C=O) groups is 2. The summed E-state index contributed by atoms with van der Waals surface area (Å²) in [6.45, 7) is 3.81. The molecule has 0 aliphatic carbocycles. The summed E-state index contributed by atoms with van der Waals surface area (Å²) >= 11 is 2.43. The molecule has 2 heterocycles. The standard InChI is InChI=1S/C14H16N2O4S2/c1-7-10(14(18)19)22-13(16-7)8(2)15-12(17)11-9(6-20-3)4-5-21-11/h4-5,8H,6H2,1-3H3,(H,15,17)(H,18,19). The highest BCUT2D eigenvalue weighted by Crippen LogP contribution is 2.25. The van der Waals surface area contributed by atoms with Crippen molar-refractivity contribution in [3.63, 3.8) is 0 Å². The summed E-state index contributed by atoms with van der Waals surface area (Å²) in [6.07, 6.45) is 0.